The Hall–Kier alpha value is -0.0400. The molecule has 0 aromatic carbocycles. The molecule has 19 heavy (non-hydrogen) atoms. The maximum atomic E-state index is 10.3. The van der Waals surface area contributed by atoms with Gasteiger partial charge in [-0.2, -0.15) is 0 Å². The Morgan fingerprint density at radius 3 is 0.947 bits per heavy atom. The van der Waals surface area contributed by atoms with Gasteiger partial charge in [0.25, 0.3) is 0 Å². The quantitative estimate of drug-likeness (QED) is 0.285. The zero-order valence-electron chi connectivity index (χ0n) is 13.1. The van der Waals surface area contributed by atoms with Gasteiger partial charge < -0.3 is 0 Å². The van der Waals surface area contributed by atoms with E-state index in [1.807, 2.05) is 0 Å². The highest BCUT2D eigenvalue weighted by atomic mass is 16.2. The number of hydrogen-bond acceptors (Lipinski definition) is 0. The highest BCUT2D eigenvalue weighted by Gasteiger charge is 1.94. The van der Waals surface area contributed by atoms with Gasteiger partial charge >= 0.3 is 0 Å². The molecular weight excluding hydrogens is 232 g/mol. The van der Waals surface area contributed by atoms with E-state index in [0.717, 1.165) is 19.3 Å². The van der Waals surface area contributed by atoms with Crippen molar-refractivity contribution in [3.8, 4) is 0 Å². The largest absolute Gasteiger partial charge is 0.237 e. The molecule has 2 radical (unpaired) electrons. The molecule has 0 aliphatic rings. The van der Waals surface area contributed by atoms with Crippen LogP contribution in [0.2, 0.25) is 0 Å². The van der Waals surface area contributed by atoms with Crippen LogP contribution >= 0.6 is 0 Å². The van der Waals surface area contributed by atoms with Gasteiger partial charge in [0.05, 0.1) is 6.61 Å². The van der Waals surface area contributed by atoms with E-state index in [9.17, 15) is 5.11 Å². The lowest BCUT2D eigenvalue weighted by Crippen LogP contribution is -1.84. The Morgan fingerprint density at radius 2 is 0.684 bits per heavy atom. The van der Waals surface area contributed by atoms with Crippen molar-refractivity contribution < 1.29 is 5.11 Å². The van der Waals surface area contributed by atoms with Crippen LogP contribution in [0.3, 0.4) is 0 Å². The van der Waals surface area contributed by atoms with E-state index in [1.54, 1.807) is 0 Å². The number of rotatable bonds is 16. The van der Waals surface area contributed by atoms with Crippen LogP contribution in [0.5, 0.6) is 0 Å². The zero-order valence-corrected chi connectivity index (χ0v) is 13.1. The first-order chi connectivity index (χ1) is 9.41. The second kappa shape index (κ2) is 18.0. The van der Waals surface area contributed by atoms with Crippen molar-refractivity contribution in [3.05, 3.63) is 6.92 Å². The van der Waals surface area contributed by atoms with Crippen molar-refractivity contribution in [1.82, 2.24) is 0 Å². The molecule has 0 N–H and O–H groups in total. The minimum Gasteiger partial charge on any atom is -0.237 e. The Kier molecular flexibility index (Phi) is 17.9. The molecule has 0 spiro atoms. The summed E-state index contributed by atoms with van der Waals surface area (Å²) in [6, 6.07) is 0. The maximum Gasteiger partial charge on any atom is 0.0822 e. The summed E-state index contributed by atoms with van der Waals surface area (Å²) in [5, 5.41) is 10.3. The molecule has 0 heterocycles. The molecule has 0 aromatic rings. The molecule has 0 bridgehead atoms. The summed E-state index contributed by atoms with van der Waals surface area (Å²) >= 11 is 0. The third-order valence-electron chi connectivity index (χ3n) is 3.89. The molecule has 0 aromatic heterocycles. The molecule has 0 unspecified atom stereocenters. The van der Waals surface area contributed by atoms with Gasteiger partial charge in [0, 0.05) is 0 Å². The van der Waals surface area contributed by atoms with Gasteiger partial charge in [-0.05, 0) is 6.42 Å². The number of unbranched alkanes of at least 4 members (excludes halogenated alkanes) is 15. The van der Waals surface area contributed by atoms with Crippen LogP contribution in [0.4, 0.5) is 0 Å². The standard InChI is InChI=1S/C18H36O/c1-2-3-4-5-6-7-8-9-10-11-12-13-14-15-16-17-18-19/h1-18H2. The monoisotopic (exact) mass is 268 g/mol. The third-order valence-corrected chi connectivity index (χ3v) is 3.89. The SMILES string of the molecule is [CH2]CCCCCCCCCCCCCCCCC[O]. The molecule has 0 amide bonds. The van der Waals surface area contributed by atoms with Gasteiger partial charge in [0.15, 0.2) is 0 Å². The van der Waals surface area contributed by atoms with Gasteiger partial charge in [0.1, 0.15) is 0 Å². The lowest BCUT2D eigenvalue weighted by Gasteiger charge is -2.03. The summed E-state index contributed by atoms with van der Waals surface area (Å²) in [6.45, 7) is 4.00. The first kappa shape index (κ1) is 19.0. The second-order valence-corrected chi connectivity index (χ2v) is 5.86. The van der Waals surface area contributed by atoms with Gasteiger partial charge in [-0.15, -0.1) is 0 Å². The molecule has 114 valence electrons. The van der Waals surface area contributed by atoms with Crippen LogP contribution in [0.15, 0.2) is 0 Å². The molecule has 1 heteroatoms. The van der Waals surface area contributed by atoms with Crippen molar-refractivity contribution in [1.29, 1.82) is 0 Å². The first-order valence-corrected chi connectivity index (χ1v) is 8.79. The Morgan fingerprint density at radius 1 is 0.421 bits per heavy atom. The van der Waals surface area contributed by atoms with E-state index in [2.05, 4.69) is 6.92 Å². The normalized spacial score (nSPS) is 11.1. The summed E-state index contributed by atoms with van der Waals surface area (Å²) in [5.74, 6) is 0. The predicted molar refractivity (Wildman–Crippen MR) is 84.8 cm³/mol. The zero-order chi connectivity index (χ0) is 14.0. The minimum atomic E-state index is 0.120. The average Bonchev–Trinajstić information content (AvgIpc) is 2.43. The summed E-state index contributed by atoms with van der Waals surface area (Å²) in [4.78, 5) is 0. The topological polar surface area (TPSA) is 19.9 Å². The second-order valence-electron chi connectivity index (χ2n) is 5.86. The Bertz CT molecular complexity index is 129. The molecule has 0 atom stereocenters. The van der Waals surface area contributed by atoms with E-state index in [1.165, 1.54) is 83.5 Å². The van der Waals surface area contributed by atoms with Crippen LogP contribution in [0, 0.1) is 6.92 Å². The summed E-state index contributed by atoms with van der Waals surface area (Å²) in [6.07, 6.45) is 21.2. The number of hydrogen-bond donors (Lipinski definition) is 0. The van der Waals surface area contributed by atoms with E-state index in [-0.39, 0.29) is 6.61 Å². The molecule has 0 fully saturated rings. The van der Waals surface area contributed by atoms with Gasteiger partial charge in [-0.3, -0.25) is 0 Å². The lowest BCUT2D eigenvalue weighted by atomic mass is 10.0. The van der Waals surface area contributed by atoms with Gasteiger partial charge in [-0.25, -0.2) is 5.11 Å². The van der Waals surface area contributed by atoms with E-state index < -0.39 is 0 Å². The van der Waals surface area contributed by atoms with E-state index in [4.69, 9.17) is 0 Å². The van der Waals surface area contributed by atoms with Crippen LogP contribution in [-0.4, -0.2) is 6.61 Å². The van der Waals surface area contributed by atoms with Gasteiger partial charge in [-0.1, -0.05) is 103 Å². The third kappa shape index (κ3) is 18.0. The van der Waals surface area contributed by atoms with Gasteiger partial charge in [0.2, 0.25) is 0 Å². The molecule has 0 rings (SSSR count). The minimum absolute atomic E-state index is 0.120. The van der Waals surface area contributed by atoms with Crippen molar-refractivity contribution in [2.75, 3.05) is 6.61 Å². The fourth-order valence-electron chi connectivity index (χ4n) is 2.58. The molecule has 0 saturated carbocycles. The first-order valence-electron chi connectivity index (χ1n) is 8.79. The van der Waals surface area contributed by atoms with Crippen molar-refractivity contribution in [2.45, 2.75) is 103 Å². The average molecular weight is 268 g/mol. The fraction of sp³-hybridized carbons (Fsp3) is 0.944. The maximum absolute atomic E-state index is 10.3. The summed E-state index contributed by atoms with van der Waals surface area (Å²) in [5.41, 5.74) is 0. The van der Waals surface area contributed by atoms with Crippen molar-refractivity contribution in [3.63, 3.8) is 0 Å². The highest BCUT2D eigenvalue weighted by Crippen LogP contribution is 2.13. The van der Waals surface area contributed by atoms with E-state index >= 15 is 0 Å². The summed E-state index contributed by atoms with van der Waals surface area (Å²) < 4.78 is 0. The van der Waals surface area contributed by atoms with Crippen molar-refractivity contribution >= 4 is 0 Å². The van der Waals surface area contributed by atoms with Crippen LogP contribution in [-0.2, 0) is 5.11 Å². The fourth-order valence-corrected chi connectivity index (χ4v) is 2.58. The molecular formula is C18H36O. The molecule has 0 saturated heterocycles. The Labute approximate surface area is 122 Å². The van der Waals surface area contributed by atoms with Crippen LogP contribution in [0.1, 0.15) is 103 Å². The summed E-state index contributed by atoms with van der Waals surface area (Å²) in [7, 11) is 0. The molecule has 0 aliphatic carbocycles. The Balaban J connectivity index is 2.88. The lowest BCUT2D eigenvalue weighted by molar-refractivity contribution is 0.186. The predicted octanol–water partition coefficient (Wildman–Crippen LogP) is 6.49. The molecule has 0 aliphatic heterocycles. The van der Waals surface area contributed by atoms with E-state index in [0.29, 0.717) is 0 Å². The molecule has 1 nitrogen and oxygen atoms in total. The smallest absolute Gasteiger partial charge is 0.0822 e. The van der Waals surface area contributed by atoms with Crippen LogP contribution in [0.25, 0.3) is 0 Å². The van der Waals surface area contributed by atoms with Crippen molar-refractivity contribution in [2.24, 2.45) is 0 Å². The van der Waals surface area contributed by atoms with Crippen LogP contribution < -0.4 is 0 Å². The highest BCUT2D eigenvalue weighted by molar-refractivity contribution is 4.50.